The van der Waals surface area contributed by atoms with E-state index in [1.165, 1.54) is 20.8 Å². The summed E-state index contributed by atoms with van der Waals surface area (Å²) in [7, 11) is 0. The molecule has 2 fully saturated rings. The number of esters is 4. The highest BCUT2D eigenvalue weighted by Gasteiger charge is 2.62. The van der Waals surface area contributed by atoms with Crippen LogP contribution in [-0.2, 0) is 42.9 Å². The molecule has 0 aromatic rings. The molecule has 0 bridgehead atoms. The number of rotatable bonds is 4. The standard InChI is InChI=1S/C21H28O9/c1-10-8-16(28-13(4)24)17-14(9-26-11(2)22)20(25)29-18(17)19-21(5,30-19)7-6-15(10)27-12(3)23/h10,15-16,18-19H,6-9H2,1-5H3/t10-,15-,16-,18-,19-,21+/m0/s1. The molecule has 9 nitrogen and oxygen atoms in total. The van der Waals surface area contributed by atoms with Gasteiger partial charge in [-0.2, -0.15) is 0 Å². The van der Waals surface area contributed by atoms with Crippen LogP contribution in [0.5, 0.6) is 0 Å². The van der Waals surface area contributed by atoms with Crippen LogP contribution in [-0.4, -0.2) is 60.5 Å². The Bertz CT molecular complexity index is 785. The minimum atomic E-state index is -0.802. The first-order valence-corrected chi connectivity index (χ1v) is 10.1. The molecule has 9 heteroatoms. The molecule has 2 heterocycles. The van der Waals surface area contributed by atoms with Gasteiger partial charge in [-0.3, -0.25) is 14.4 Å². The van der Waals surface area contributed by atoms with Gasteiger partial charge in [0.25, 0.3) is 0 Å². The summed E-state index contributed by atoms with van der Waals surface area (Å²) in [6, 6.07) is 0. The molecular formula is C21H28O9. The third kappa shape index (κ3) is 4.66. The van der Waals surface area contributed by atoms with Gasteiger partial charge in [0.15, 0.2) is 6.10 Å². The van der Waals surface area contributed by atoms with Crippen LogP contribution in [0, 0.1) is 5.92 Å². The molecule has 0 amide bonds. The highest BCUT2D eigenvalue weighted by molar-refractivity contribution is 5.93. The van der Waals surface area contributed by atoms with Crippen molar-refractivity contribution in [1.82, 2.24) is 0 Å². The van der Waals surface area contributed by atoms with E-state index in [0.717, 1.165) is 0 Å². The van der Waals surface area contributed by atoms with Crippen LogP contribution in [0.1, 0.15) is 53.9 Å². The van der Waals surface area contributed by atoms with Gasteiger partial charge in [-0.05, 0) is 32.1 Å². The molecule has 3 rings (SSSR count). The van der Waals surface area contributed by atoms with Gasteiger partial charge in [0.1, 0.15) is 24.9 Å². The lowest BCUT2D eigenvalue weighted by Gasteiger charge is -2.31. The van der Waals surface area contributed by atoms with Crippen molar-refractivity contribution >= 4 is 23.9 Å². The lowest BCUT2D eigenvalue weighted by atomic mass is 9.82. The fraction of sp³-hybridized carbons (Fsp3) is 0.714. The molecule has 166 valence electrons. The summed E-state index contributed by atoms with van der Waals surface area (Å²) >= 11 is 0. The normalized spacial score (nSPS) is 35.5. The number of hydrogen-bond acceptors (Lipinski definition) is 9. The predicted molar refractivity (Wildman–Crippen MR) is 101 cm³/mol. The van der Waals surface area contributed by atoms with Crippen LogP contribution >= 0.6 is 0 Å². The van der Waals surface area contributed by atoms with Gasteiger partial charge in [-0.15, -0.1) is 0 Å². The Morgan fingerprint density at radius 2 is 1.77 bits per heavy atom. The molecule has 0 unspecified atom stereocenters. The minimum absolute atomic E-state index is 0.163. The van der Waals surface area contributed by atoms with Crippen LogP contribution in [0.2, 0.25) is 0 Å². The zero-order chi connectivity index (χ0) is 22.2. The van der Waals surface area contributed by atoms with Crippen LogP contribution < -0.4 is 0 Å². The molecule has 1 saturated carbocycles. The monoisotopic (exact) mass is 424 g/mol. The molecule has 2 aliphatic heterocycles. The van der Waals surface area contributed by atoms with Crippen LogP contribution in [0.25, 0.3) is 0 Å². The van der Waals surface area contributed by atoms with E-state index in [2.05, 4.69) is 0 Å². The average molecular weight is 424 g/mol. The molecule has 0 aromatic heterocycles. The van der Waals surface area contributed by atoms with Crippen molar-refractivity contribution in [2.24, 2.45) is 5.92 Å². The van der Waals surface area contributed by atoms with Crippen molar-refractivity contribution in [2.75, 3.05) is 6.61 Å². The average Bonchev–Trinajstić information content (AvgIpc) is 3.18. The van der Waals surface area contributed by atoms with Gasteiger partial charge in [0, 0.05) is 26.3 Å². The van der Waals surface area contributed by atoms with E-state index in [-0.39, 0.29) is 18.1 Å². The maximum atomic E-state index is 12.6. The highest BCUT2D eigenvalue weighted by atomic mass is 16.7. The van der Waals surface area contributed by atoms with Gasteiger partial charge in [-0.1, -0.05) is 6.92 Å². The third-order valence-electron chi connectivity index (χ3n) is 5.89. The predicted octanol–water partition coefficient (Wildman–Crippen LogP) is 1.61. The number of carbonyl (C=O) groups is 4. The number of ether oxygens (including phenoxy) is 5. The van der Waals surface area contributed by atoms with Gasteiger partial charge >= 0.3 is 23.9 Å². The molecule has 3 aliphatic rings. The first kappa shape index (κ1) is 22.3. The summed E-state index contributed by atoms with van der Waals surface area (Å²) in [5.74, 6) is -2.24. The number of epoxide rings is 1. The van der Waals surface area contributed by atoms with Crippen LogP contribution in [0.4, 0.5) is 0 Å². The molecule has 0 spiro atoms. The van der Waals surface area contributed by atoms with Crippen molar-refractivity contribution in [3.05, 3.63) is 11.1 Å². The quantitative estimate of drug-likeness (QED) is 0.377. The maximum Gasteiger partial charge on any atom is 0.338 e. The van der Waals surface area contributed by atoms with Gasteiger partial charge in [-0.25, -0.2) is 4.79 Å². The largest absolute Gasteiger partial charge is 0.462 e. The Hall–Kier alpha value is -2.42. The minimum Gasteiger partial charge on any atom is -0.462 e. The van der Waals surface area contributed by atoms with E-state index < -0.39 is 53.9 Å². The second-order valence-corrected chi connectivity index (χ2v) is 8.39. The Kier molecular flexibility index (Phi) is 6.21. The fourth-order valence-corrected chi connectivity index (χ4v) is 4.33. The third-order valence-corrected chi connectivity index (χ3v) is 5.89. The van der Waals surface area contributed by atoms with E-state index in [1.54, 1.807) is 0 Å². The van der Waals surface area contributed by atoms with Crippen molar-refractivity contribution in [3.8, 4) is 0 Å². The summed E-state index contributed by atoms with van der Waals surface area (Å²) in [4.78, 5) is 47.4. The molecular weight excluding hydrogens is 396 g/mol. The molecule has 1 saturated heterocycles. The SMILES string of the molecule is CC(=O)OCC1=C2[C@@H](OC(C)=O)C[C@H](C)[C@@H](OC(C)=O)CC[C@@]3(C)O[C@H]3[C@H]2OC1=O. The van der Waals surface area contributed by atoms with Gasteiger partial charge in [0.05, 0.1) is 11.2 Å². The highest BCUT2D eigenvalue weighted by Crippen LogP contribution is 2.50. The molecule has 0 aromatic carbocycles. The Balaban J connectivity index is 2.02. The van der Waals surface area contributed by atoms with Gasteiger partial charge in [0.2, 0.25) is 0 Å². The van der Waals surface area contributed by atoms with Crippen molar-refractivity contribution in [2.45, 2.75) is 83.9 Å². The molecule has 30 heavy (non-hydrogen) atoms. The summed E-state index contributed by atoms with van der Waals surface area (Å²) in [5, 5.41) is 0. The Labute approximate surface area is 175 Å². The van der Waals surface area contributed by atoms with Crippen molar-refractivity contribution < 1.29 is 42.9 Å². The van der Waals surface area contributed by atoms with E-state index in [4.69, 9.17) is 23.7 Å². The maximum absolute atomic E-state index is 12.6. The summed E-state index contributed by atoms with van der Waals surface area (Å²) < 4.78 is 27.7. The van der Waals surface area contributed by atoms with Crippen molar-refractivity contribution in [1.29, 1.82) is 0 Å². The van der Waals surface area contributed by atoms with Crippen LogP contribution in [0.15, 0.2) is 11.1 Å². The first-order chi connectivity index (χ1) is 14.0. The molecule has 6 atom stereocenters. The van der Waals surface area contributed by atoms with E-state index >= 15 is 0 Å². The lowest BCUT2D eigenvalue weighted by molar-refractivity contribution is -0.153. The number of carbonyl (C=O) groups excluding carboxylic acids is 4. The van der Waals surface area contributed by atoms with E-state index in [1.807, 2.05) is 13.8 Å². The summed E-state index contributed by atoms with van der Waals surface area (Å²) in [6.07, 6.45) is -0.851. The molecule has 0 N–H and O–H groups in total. The molecule has 0 radical (unpaired) electrons. The van der Waals surface area contributed by atoms with Gasteiger partial charge < -0.3 is 23.7 Å². The zero-order valence-corrected chi connectivity index (χ0v) is 17.9. The number of hydrogen-bond donors (Lipinski definition) is 0. The topological polar surface area (TPSA) is 118 Å². The smallest absolute Gasteiger partial charge is 0.338 e. The summed E-state index contributed by atoms with van der Waals surface area (Å²) in [5.41, 5.74) is 0.0557. The lowest BCUT2D eigenvalue weighted by Crippen LogP contribution is -2.37. The Morgan fingerprint density at radius 3 is 2.37 bits per heavy atom. The van der Waals surface area contributed by atoms with E-state index in [0.29, 0.717) is 24.8 Å². The van der Waals surface area contributed by atoms with Crippen LogP contribution in [0.3, 0.4) is 0 Å². The second kappa shape index (κ2) is 8.37. The first-order valence-electron chi connectivity index (χ1n) is 10.1. The van der Waals surface area contributed by atoms with E-state index in [9.17, 15) is 19.2 Å². The second-order valence-electron chi connectivity index (χ2n) is 8.39. The Morgan fingerprint density at radius 1 is 1.10 bits per heavy atom. The number of fused-ring (bicyclic) bond motifs is 3. The summed E-state index contributed by atoms with van der Waals surface area (Å²) in [6.45, 7) is 7.41. The fourth-order valence-electron chi connectivity index (χ4n) is 4.33. The molecule has 1 aliphatic carbocycles. The zero-order valence-electron chi connectivity index (χ0n) is 17.9. The van der Waals surface area contributed by atoms with Crippen molar-refractivity contribution in [3.63, 3.8) is 0 Å².